The summed E-state index contributed by atoms with van der Waals surface area (Å²) in [6.07, 6.45) is 2.35. The fourth-order valence-electron chi connectivity index (χ4n) is 4.72. The highest BCUT2D eigenvalue weighted by Crippen LogP contribution is 2.34. The summed E-state index contributed by atoms with van der Waals surface area (Å²) < 4.78 is 16.3. The lowest BCUT2D eigenvalue weighted by atomic mass is 9.83. The van der Waals surface area contributed by atoms with Gasteiger partial charge in [0.15, 0.2) is 5.60 Å². The third-order valence-electron chi connectivity index (χ3n) is 6.84. The molecule has 4 rings (SSSR count). The highest BCUT2D eigenvalue weighted by molar-refractivity contribution is 5.99. The molecule has 3 aromatic carbocycles. The summed E-state index contributed by atoms with van der Waals surface area (Å²) in [5.74, 6) is -1.31. The molecule has 0 radical (unpaired) electrons. The SMILES string of the molecule is CCOC(=O)c1ccc(NC(=O)C2(OC(=O)[C@H](Cc3ccccc3)NC(=O)Oc3ccccc3)CCCCC2)cc1. The van der Waals surface area contributed by atoms with Gasteiger partial charge in [0.1, 0.15) is 11.8 Å². The molecule has 0 saturated heterocycles. The normalized spacial score (nSPS) is 14.7. The van der Waals surface area contributed by atoms with Crippen LogP contribution in [0.4, 0.5) is 10.5 Å². The summed E-state index contributed by atoms with van der Waals surface area (Å²) in [6.45, 7) is 1.98. The first-order chi connectivity index (χ1) is 19.9. The maximum absolute atomic E-state index is 13.6. The molecule has 2 amide bonds. The molecule has 1 aliphatic rings. The fourth-order valence-corrected chi connectivity index (χ4v) is 4.72. The minimum absolute atomic E-state index is 0.149. The van der Waals surface area contributed by atoms with Crippen LogP contribution in [0.15, 0.2) is 84.9 Å². The Hall–Kier alpha value is -4.66. The minimum Gasteiger partial charge on any atom is -0.462 e. The van der Waals surface area contributed by atoms with Crippen LogP contribution >= 0.6 is 0 Å². The first kappa shape index (κ1) is 29.3. The Labute approximate surface area is 239 Å². The van der Waals surface area contributed by atoms with Crippen molar-refractivity contribution in [3.05, 3.63) is 96.1 Å². The number of carbonyl (C=O) groups excluding carboxylic acids is 4. The third kappa shape index (κ3) is 8.17. The second kappa shape index (κ2) is 14.1. The van der Waals surface area contributed by atoms with Gasteiger partial charge in [0, 0.05) is 12.1 Å². The Kier molecular flexibility index (Phi) is 10.1. The van der Waals surface area contributed by atoms with Crippen LogP contribution in [-0.4, -0.2) is 42.2 Å². The summed E-state index contributed by atoms with van der Waals surface area (Å²) in [5, 5.41) is 5.46. The van der Waals surface area contributed by atoms with Crippen molar-refractivity contribution in [3.63, 3.8) is 0 Å². The monoisotopic (exact) mass is 558 g/mol. The molecule has 2 N–H and O–H groups in total. The number of nitrogens with one attached hydrogen (secondary N) is 2. The van der Waals surface area contributed by atoms with E-state index in [-0.39, 0.29) is 13.0 Å². The Bertz CT molecular complexity index is 1320. The standard InChI is InChI=1S/C32H34N2O7/c1-2-39-28(35)24-16-18-25(19-17-24)33-30(37)32(20-10-5-11-21-32)41-29(36)27(22-23-12-6-3-7-13-23)34-31(38)40-26-14-8-4-9-15-26/h3-4,6-9,12-19,27H,2,5,10-11,20-22H2,1H3,(H,33,37)(H,34,38)/t27-/m0/s1. The van der Waals surface area contributed by atoms with E-state index in [2.05, 4.69) is 10.6 Å². The van der Waals surface area contributed by atoms with Crippen LogP contribution in [0.1, 0.15) is 54.9 Å². The Morgan fingerprint density at radius 1 is 0.829 bits per heavy atom. The summed E-state index contributed by atoms with van der Waals surface area (Å²) in [7, 11) is 0. The molecule has 0 heterocycles. The van der Waals surface area contributed by atoms with Gasteiger partial charge in [-0.1, -0.05) is 55.0 Å². The van der Waals surface area contributed by atoms with Crippen LogP contribution in [0.5, 0.6) is 5.75 Å². The first-order valence-corrected chi connectivity index (χ1v) is 13.8. The quantitative estimate of drug-likeness (QED) is 0.318. The van der Waals surface area contributed by atoms with Gasteiger partial charge >= 0.3 is 18.0 Å². The number of carbonyl (C=O) groups is 4. The van der Waals surface area contributed by atoms with Gasteiger partial charge in [-0.25, -0.2) is 14.4 Å². The first-order valence-electron chi connectivity index (χ1n) is 13.8. The van der Waals surface area contributed by atoms with E-state index in [0.29, 0.717) is 42.7 Å². The van der Waals surface area contributed by atoms with E-state index in [0.717, 1.165) is 12.0 Å². The van der Waals surface area contributed by atoms with Crippen molar-refractivity contribution in [2.45, 2.75) is 57.1 Å². The molecule has 0 unspecified atom stereocenters. The second-order valence-corrected chi connectivity index (χ2v) is 9.82. The molecule has 0 spiro atoms. The molecular formula is C32H34N2O7. The molecule has 0 bridgehead atoms. The van der Waals surface area contributed by atoms with Crippen LogP contribution in [0.2, 0.25) is 0 Å². The molecule has 9 heteroatoms. The van der Waals surface area contributed by atoms with Gasteiger partial charge in [-0.3, -0.25) is 4.79 Å². The van der Waals surface area contributed by atoms with E-state index < -0.39 is 35.6 Å². The minimum atomic E-state index is -1.41. The molecule has 3 aromatic rings. The number of esters is 2. The molecule has 9 nitrogen and oxygen atoms in total. The lowest BCUT2D eigenvalue weighted by Gasteiger charge is -2.36. The van der Waals surface area contributed by atoms with Gasteiger partial charge in [-0.05, 0) is 74.6 Å². The summed E-state index contributed by atoms with van der Waals surface area (Å²) in [4.78, 5) is 51.9. The number of anilines is 1. The predicted octanol–water partition coefficient (Wildman–Crippen LogP) is 5.45. The lowest BCUT2D eigenvalue weighted by Crippen LogP contribution is -2.53. The van der Waals surface area contributed by atoms with E-state index in [1.165, 1.54) is 0 Å². The van der Waals surface area contributed by atoms with E-state index in [4.69, 9.17) is 14.2 Å². The Morgan fingerprint density at radius 3 is 2.10 bits per heavy atom. The zero-order chi connectivity index (χ0) is 29.1. The van der Waals surface area contributed by atoms with Crippen molar-refractivity contribution in [1.82, 2.24) is 5.32 Å². The van der Waals surface area contributed by atoms with Gasteiger partial charge in [-0.2, -0.15) is 0 Å². The van der Waals surface area contributed by atoms with E-state index in [1.54, 1.807) is 61.5 Å². The van der Waals surface area contributed by atoms with Crippen LogP contribution in [0.3, 0.4) is 0 Å². The molecule has 1 saturated carbocycles. The summed E-state index contributed by atoms with van der Waals surface area (Å²) in [5.41, 5.74) is 0.211. The van der Waals surface area contributed by atoms with Crippen molar-refractivity contribution in [2.24, 2.45) is 0 Å². The predicted molar refractivity (Wildman–Crippen MR) is 152 cm³/mol. The van der Waals surface area contributed by atoms with Gasteiger partial charge in [0.2, 0.25) is 0 Å². The number of ether oxygens (including phenoxy) is 3. The Morgan fingerprint density at radius 2 is 1.46 bits per heavy atom. The van der Waals surface area contributed by atoms with Gasteiger partial charge < -0.3 is 24.8 Å². The molecule has 0 aliphatic heterocycles. The van der Waals surface area contributed by atoms with E-state index in [1.807, 2.05) is 30.3 Å². The zero-order valence-corrected chi connectivity index (χ0v) is 23.0. The molecular weight excluding hydrogens is 524 g/mol. The van der Waals surface area contributed by atoms with Crippen LogP contribution < -0.4 is 15.4 Å². The smallest absolute Gasteiger partial charge is 0.413 e. The number of benzene rings is 3. The average Bonchev–Trinajstić information content (AvgIpc) is 2.99. The van der Waals surface area contributed by atoms with Gasteiger partial charge in [0.05, 0.1) is 12.2 Å². The Balaban J connectivity index is 1.50. The highest BCUT2D eigenvalue weighted by Gasteiger charge is 2.45. The molecule has 0 aromatic heterocycles. The number of para-hydroxylation sites is 1. The topological polar surface area (TPSA) is 120 Å². The van der Waals surface area contributed by atoms with Crippen LogP contribution in [-0.2, 0) is 25.5 Å². The fraction of sp³-hybridized carbons (Fsp3) is 0.312. The number of amides is 2. The largest absolute Gasteiger partial charge is 0.462 e. The van der Waals surface area contributed by atoms with Crippen molar-refractivity contribution in [3.8, 4) is 5.75 Å². The average molecular weight is 559 g/mol. The molecule has 1 fully saturated rings. The number of hydrogen-bond donors (Lipinski definition) is 2. The van der Waals surface area contributed by atoms with Gasteiger partial charge in [0.25, 0.3) is 5.91 Å². The molecule has 1 atom stereocenters. The highest BCUT2D eigenvalue weighted by atomic mass is 16.6. The van der Waals surface area contributed by atoms with Crippen LogP contribution in [0.25, 0.3) is 0 Å². The number of hydrogen-bond acceptors (Lipinski definition) is 7. The van der Waals surface area contributed by atoms with Crippen molar-refractivity contribution in [2.75, 3.05) is 11.9 Å². The van der Waals surface area contributed by atoms with Crippen molar-refractivity contribution >= 4 is 29.6 Å². The third-order valence-corrected chi connectivity index (χ3v) is 6.84. The second-order valence-electron chi connectivity index (χ2n) is 9.82. The molecule has 41 heavy (non-hydrogen) atoms. The maximum atomic E-state index is 13.6. The summed E-state index contributed by atoms with van der Waals surface area (Å²) in [6, 6.07) is 23.0. The molecule has 1 aliphatic carbocycles. The maximum Gasteiger partial charge on any atom is 0.413 e. The lowest BCUT2D eigenvalue weighted by molar-refractivity contribution is -0.171. The number of rotatable bonds is 10. The van der Waals surface area contributed by atoms with Crippen molar-refractivity contribution < 1.29 is 33.4 Å². The van der Waals surface area contributed by atoms with Crippen LogP contribution in [0, 0.1) is 0 Å². The van der Waals surface area contributed by atoms with Gasteiger partial charge in [-0.15, -0.1) is 0 Å². The van der Waals surface area contributed by atoms with Crippen molar-refractivity contribution in [1.29, 1.82) is 0 Å². The summed E-state index contributed by atoms with van der Waals surface area (Å²) >= 11 is 0. The zero-order valence-electron chi connectivity index (χ0n) is 23.0. The molecule has 214 valence electrons. The van der Waals surface area contributed by atoms with E-state index >= 15 is 0 Å². The van der Waals surface area contributed by atoms with E-state index in [9.17, 15) is 19.2 Å².